The standard InChI is InChI=1S/C15H18IN5O4S/c16-8-4-26-3-7(8)1-15(17)12-13(18-5-20-15)21(6-19-12)14-11(24)10(23)9(2-22)25-14/h3-5,9-11,14,22-24H,1-2,6,17H2/t9-,10-,11-,14-,15?/m1/s1. The van der Waals surface area contributed by atoms with Crippen LogP contribution in [0, 0.1) is 3.57 Å². The number of rotatable bonds is 4. The Labute approximate surface area is 167 Å². The SMILES string of the molecule is NC1(Cc2cscc2I)N=CN=C2C1=NCN2[C@@H]1O[C@H](CO)[C@@H](O)[C@H]1O. The van der Waals surface area contributed by atoms with Crippen LogP contribution in [0.2, 0.25) is 0 Å². The van der Waals surface area contributed by atoms with Crippen molar-refractivity contribution in [1.82, 2.24) is 4.90 Å². The highest BCUT2D eigenvalue weighted by Crippen LogP contribution is 2.31. The normalized spacial score (nSPS) is 36.3. The minimum absolute atomic E-state index is 0.184. The van der Waals surface area contributed by atoms with Crippen molar-refractivity contribution in [2.75, 3.05) is 13.3 Å². The predicted octanol–water partition coefficient (Wildman–Crippen LogP) is -0.856. The number of hydrogen-bond acceptors (Lipinski definition) is 10. The largest absolute Gasteiger partial charge is 0.394 e. The second-order valence-corrected chi connectivity index (χ2v) is 8.30. The summed E-state index contributed by atoms with van der Waals surface area (Å²) in [5.41, 5.74) is 7.12. The van der Waals surface area contributed by atoms with Crippen molar-refractivity contribution >= 4 is 51.8 Å². The van der Waals surface area contributed by atoms with E-state index in [-0.39, 0.29) is 13.3 Å². The van der Waals surface area contributed by atoms with E-state index in [2.05, 4.69) is 37.6 Å². The van der Waals surface area contributed by atoms with E-state index >= 15 is 0 Å². The molecule has 4 heterocycles. The first kappa shape index (κ1) is 18.4. The highest BCUT2D eigenvalue weighted by molar-refractivity contribution is 14.1. The lowest BCUT2D eigenvalue weighted by molar-refractivity contribution is -0.0688. The van der Waals surface area contributed by atoms with E-state index in [0.29, 0.717) is 18.0 Å². The molecule has 0 saturated carbocycles. The first-order chi connectivity index (χ1) is 12.4. The molecule has 0 radical (unpaired) electrons. The maximum absolute atomic E-state index is 10.3. The van der Waals surface area contributed by atoms with Crippen LogP contribution in [0.3, 0.4) is 0 Å². The van der Waals surface area contributed by atoms with Crippen LogP contribution in [0.5, 0.6) is 0 Å². The van der Waals surface area contributed by atoms with E-state index in [0.717, 1.165) is 9.13 Å². The minimum Gasteiger partial charge on any atom is -0.394 e. The fourth-order valence-corrected chi connectivity index (χ4v) is 5.04. The number of nitrogens with two attached hydrogens (primary N) is 1. The number of ether oxygens (including phenoxy) is 1. The summed E-state index contributed by atoms with van der Waals surface area (Å²) >= 11 is 3.87. The number of aliphatic hydroxyl groups excluding tert-OH is 3. The van der Waals surface area contributed by atoms with Gasteiger partial charge >= 0.3 is 0 Å². The quantitative estimate of drug-likeness (QED) is 0.405. The third kappa shape index (κ3) is 2.91. The fraction of sp³-hybridized carbons (Fsp3) is 0.533. The summed E-state index contributed by atoms with van der Waals surface area (Å²) in [6.45, 7) is -0.203. The van der Waals surface area contributed by atoms with Gasteiger partial charge in [0.2, 0.25) is 0 Å². The van der Waals surface area contributed by atoms with Crippen LogP contribution in [0.15, 0.2) is 25.7 Å². The monoisotopic (exact) mass is 491 g/mol. The Hall–Kier alpha value is -0.960. The number of halogens is 1. The van der Waals surface area contributed by atoms with Gasteiger partial charge in [-0.05, 0) is 33.5 Å². The van der Waals surface area contributed by atoms with Gasteiger partial charge in [-0.15, -0.1) is 0 Å². The zero-order chi connectivity index (χ0) is 18.5. The first-order valence-corrected chi connectivity index (χ1v) is 10.0. The van der Waals surface area contributed by atoms with Gasteiger partial charge in [0.15, 0.2) is 17.7 Å². The Morgan fingerprint density at radius 1 is 1.38 bits per heavy atom. The summed E-state index contributed by atoms with van der Waals surface area (Å²) in [6.07, 6.45) is -2.21. The molecule has 0 aliphatic carbocycles. The Balaban J connectivity index is 1.58. The molecule has 140 valence electrons. The summed E-state index contributed by atoms with van der Waals surface area (Å²) in [5, 5.41) is 33.7. The average molecular weight is 491 g/mol. The molecule has 1 aromatic heterocycles. The molecule has 9 nitrogen and oxygen atoms in total. The van der Waals surface area contributed by atoms with Crippen molar-refractivity contribution in [3.05, 3.63) is 19.9 Å². The van der Waals surface area contributed by atoms with Gasteiger partial charge in [-0.25, -0.2) is 9.98 Å². The third-order valence-electron chi connectivity index (χ3n) is 4.72. The van der Waals surface area contributed by atoms with Crippen LogP contribution in [0.4, 0.5) is 0 Å². The van der Waals surface area contributed by atoms with Crippen LogP contribution in [-0.2, 0) is 11.2 Å². The Morgan fingerprint density at radius 2 is 2.19 bits per heavy atom. The number of aliphatic imine (C=N–C) groups is 3. The zero-order valence-electron chi connectivity index (χ0n) is 13.6. The predicted molar refractivity (Wildman–Crippen MR) is 105 cm³/mol. The Bertz CT molecular complexity index is 799. The smallest absolute Gasteiger partial charge is 0.162 e. The van der Waals surface area contributed by atoms with E-state index in [1.54, 1.807) is 16.2 Å². The van der Waals surface area contributed by atoms with Gasteiger partial charge in [0.1, 0.15) is 37.0 Å². The molecule has 11 heteroatoms. The molecule has 3 aliphatic rings. The summed E-state index contributed by atoms with van der Waals surface area (Å²) in [6, 6.07) is 0. The van der Waals surface area contributed by atoms with Gasteiger partial charge in [-0.2, -0.15) is 11.3 Å². The van der Waals surface area contributed by atoms with Crippen molar-refractivity contribution in [2.45, 2.75) is 36.6 Å². The van der Waals surface area contributed by atoms with Gasteiger partial charge in [-0.3, -0.25) is 4.99 Å². The van der Waals surface area contributed by atoms with Crippen molar-refractivity contribution in [1.29, 1.82) is 0 Å². The van der Waals surface area contributed by atoms with Crippen LogP contribution in [-0.4, -0.2) is 81.6 Å². The molecule has 4 rings (SSSR count). The molecular formula is C15H18IN5O4S. The molecule has 1 saturated heterocycles. The summed E-state index contributed by atoms with van der Waals surface area (Å²) in [4.78, 5) is 14.8. The summed E-state index contributed by atoms with van der Waals surface area (Å²) < 4.78 is 6.72. The zero-order valence-corrected chi connectivity index (χ0v) is 16.5. The molecule has 26 heavy (non-hydrogen) atoms. The summed E-state index contributed by atoms with van der Waals surface area (Å²) in [5.74, 6) is 0.475. The van der Waals surface area contributed by atoms with Crippen molar-refractivity contribution in [3.63, 3.8) is 0 Å². The van der Waals surface area contributed by atoms with Crippen LogP contribution >= 0.6 is 33.9 Å². The van der Waals surface area contributed by atoms with E-state index in [4.69, 9.17) is 10.5 Å². The fourth-order valence-electron chi connectivity index (χ4n) is 3.33. The average Bonchev–Trinajstić information content (AvgIpc) is 3.29. The van der Waals surface area contributed by atoms with Gasteiger partial charge in [0, 0.05) is 15.4 Å². The van der Waals surface area contributed by atoms with Crippen molar-refractivity contribution < 1.29 is 20.1 Å². The molecule has 5 N–H and O–H groups in total. The highest BCUT2D eigenvalue weighted by Gasteiger charge is 2.50. The van der Waals surface area contributed by atoms with E-state index in [1.165, 1.54) is 6.34 Å². The number of nitrogens with zero attached hydrogens (tertiary/aromatic N) is 4. The Kier molecular flexibility index (Phi) is 4.88. The molecular weight excluding hydrogens is 473 g/mol. The number of aliphatic hydroxyl groups is 3. The van der Waals surface area contributed by atoms with Gasteiger partial charge < -0.3 is 30.7 Å². The maximum Gasteiger partial charge on any atom is 0.162 e. The molecule has 1 fully saturated rings. The first-order valence-electron chi connectivity index (χ1n) is 8.00. The molecule has 0 amide bonds. The number of amidine groups is 1. The summed E-state index contributed by atoms with van der Waals surface area (Å²) in [7, 11) is 0. The number of fused-ring (bicyclic) bond motifs is 1. The third-order valence-corrected chi connectivity index (χ3v) is 6.94. The van der Waals surface area contributed by atoms with Crippen LogP contribution < -0.4 is 5.73 Å². The van der Waals surface area contributed by atoms with E-state index < -0.39 is 30.2 Å². The lowest BCUT2D eigenvalue weighted by atomic mass is 9.96. The molecule has 1 unspecified atom stereocenters. The molecule has 1 aromatic rings. The number of thiophene rings is 1. The molecule has 3 aliphatic heterocycles. The van der Waals surface area contributed by atoms with E-state index in [9.17, 15) is 15.3 Å². The lowest BCUT2D eigenvalue weighted by Crippen LogP contribution is -2.56. The van der Waals surface area contributed by atoms with Gasteiger partial charge in [-0.1, -0.05) is 0 Å². The number of hydrogen-bond donors (Lipinski definition) is 4. The van der Waals surface area contributed by atoms with Crippen molar-refractivity contribution in [2.24, 2.45) is 20.7 Å². The second kappa shape index (κ2) is 6.89. The molecule has 0 bridgehead atoms. The minimum atomic E-state index is -1.19. The molecule has 5 atom stereocenters. The molecule has 0 aromatic carbocycles. The topological polar surface area (TPSA) is 136 Å². The second-order valence-electron chi connectivity index (χ2n) is 6.39. The van der Waals surface area contributed by atoms with Gasteiger partial charge in [0.25, 0.3) is 0 Å². The highest BCUT2D eigenvalue weighted by atomic mass is 127. The molecule has 0 spiro atoms. The van der Waals surface area contributed by atoms with Crippen LogP contribution in [0.1, 0.15) is 5.56 Å². The lowest BCUT2D eigenvalue weighted by Gasteiger charge is -2.32. The van der Waals surface area contributed by atoms with E-state index in [1.807, 2.05) is 10.8 Å². The van der Waals surface area contributed by atoms with Crippen molar-refractivity contribution in [3.8, 4) is 0 Å². The van der Waals surface area contributed by atoms with Gasteiger partial charge in [0.05, 0.1) is 6.61 Å². The maximum atomic E-state index is 10.3. The Morgan fingerprint density at radius 3 is 2.85 bits per heavy atom. The van der Waals surface area contributed by atoms with Crippen LogP contribution in [0.25, 0.3) is 0 Å².